The summed E-state index contributed by atoms with van der Waals surface area (Å²) in [7, 11) is 0. The van der Waals surface area contributed by atoms with Crippen molar-refractivity contribution in [1.82, 2.24) is 4.98 Å². The van der Waals surface area contributed by atoms with Crippen molar-refractivity contribution in [1.29, 1.82) is 0 Å². The zero-order valence-corrected chi connectivity index (χ0v) is 15.1. The van der Waals surface area contributed by atoms with Crippen molar-refractivity contribution in [3.05, 3.63) is 102 Å². The molecule has 1 heterocycles. The second-order valence-corrected chi connectivity index (χ2v) is 6.45. The monoisotopic (exact) mass is 369 g/mol. The number of fused-ring (bicyclic) bond motifs is 1. The number of aliphatic carboxylic acids is 1. The van der Waals surface area contributed by atoms with E-state index in [1.54, 1.807) is 18.2 Å². The maximum atomic E-state index is 11.8. The van der Waals surface area contributed by atoms with Gasteiger partial charge in [0.25, 0.3) is 0 Å². The Labute approximate surface area is 162 Å². The molecule has 0 aliphatic rings. The minimum atomic E-state index is -0.961. The summed E-state index contributed by atoms with van der Waals surface area (Å²) in [6.07, 6.45) is 3.51. The van der Waals surface area contributed by atoms with Crippen molar-refractivity contribution < 1.29 is 14.6 Å². The molecule has 0 spiro atoms. The second-order valence-electron chi connectivity index (χ2n) is 6.45. The van der Waals surface area contributed by atoms with Gasteiger partial charge in [0.2, 0.25) is 0 Å². The van der Waals surface area contributed by atoms with Crippen LogP contribution in [0.15, 0.2) is 85.1 Å². The predicted octanol–water partition coefficient (Wildman–Crippen LogP) is 5.37. The molecule has 0 fully saturated rings. The van der Waals surface area contributed by atoms with Gasteiger partial charge in [-0.3, -0.25) is 0 Å². The zero-order valence-electron chi connectivity index (χ0n) is 15.1. The molecule has 28 heavy (non-hydrogen) atoms. The number of benzene rings is 3. The van der Waals surface area contributed by atoms with E-state index in [0.717, 1.165) is 27.8 Å². The van der Waals surface area contributed by atoms with Crippen molar-refractivity contribution in [3.63, 3.8) is 0 Å². The third kappa shape index (κ3) is 3.81. The first-order valence-corrected chi connectivity index (χ1v) is 8.99. The summed E-state index contributed by atoms with van der Waals surface area (Å²) >= 11 is 0. The lowest BCUT2D eigenvalue weighted by Crippen LogP contribution is -1.99. The minimum absolute atomic E-state index is 0.247. The fraction of sp³-hybridized carbons (Fsp3) is 0.0417. The number of carboxylic acid groups (broad SMARTS) is 1. The van der Waals surface area contributed by atoms with Gasteiger partial charge in [-0.2, -0.15) is 0 Å². The summed E-state index contributed by atoms with van der Waals surface area (Å²) in [5, 5.41) is 10.6. The molecule has 4 aromatic rings. The molecule has 0 unspecified atom stereocenters. The number of nitrogens with one attached hydrogen (secondary N) is 1. The van der Waals surface area contributed by atoms with Gasteiger partial charge in [-0.15, -0.1) is 0 Å². The Kier molecular flexibility index (Phi) is 4.93. The van der Waals surface area contributed by atoms with E-state index in [1.165, 1.54) is 0 Å². The smallest absolute Gasteiger partial charge is 0.336 e. The number of ether oxygens (including phenoxy) is 1. The summed E-state index contributed by atoms with van der Waals surface area (Å²) in [6.45, 7) is 0.479. The van der Waals surface area contributed by atoms with Gasteiger partial charge in [-0.25, -0.2) is 4.79 Å². The van der Waals surface area contributed by atoms with Gasteiger partial charge in [0.15, 0.2) is 0 Å². The van der Waals surface area contributed by atoms with E-state index in [9.17, 15) is 9.90 Å². The Balaban J connectivity index is 1.66. The van der Waals surface area contributed by atoms with Crippen LogP contribution in [0.1, 0.15) is 16.7 Å². The SMILES string of the molecule is O=C(O)/C(=C/c1c[nH]c2ccc(OCc3ccccc3)cc12)c1ccccc1. The molecule has 0 saturated heterocycles. The minimum Gasteiger partial charge on any atom is -0.489 e. The van der Waals surface area contributed by atoms with Crippen LogP contribution in [0.3, 0.4) is 0 Å². The topological polar surface area (TPSA) is 62.3 Å². The van der Waals surface area contributed by atoms with Crippen LogP contribution >= 0.6 is 0 Å². The normalized spacial score (nSPS) is 11.5. The summed E-state index contributed by atoms with van der Waals surface area (Å²) in [5.41, 5.74) is 3.74. The van der Waals surface area contributed by atoms with E-state index >= 15 is 0 Å². The largest absolute Gasteiger partial charge is 0.489 e. The Morgan fingerprint density at radius 1 is 0.964 bits per heavy atom. The van der Waals surface area contributed by atoms with Crippen LogP contribution in [0.25, 0.3) is 22.6 Å². The van der Waals surface area contributed by atoms with Crippen molar-refractivity contribution in [3.8, 4) is 5.75 Å². The summed E-state index contributed by atoms with van der Waals surface area (Å²) in [4.78, 5) is 15.0. The number of hydrogen-bond donors (Lipinski definition) is 2. The third-order valence-electron chi connectivity index (χ3n) is 4.55. The van der Waals surface area contributed by atoms with Gasteiger partial charge in [0.05, 0.1) is 5.57 Å². The van der Waals surface area contributed by atoms with E-state index in [0.29, 0.717) is 12.2 Å². The highest BCUT2D eigenvalue weighted by molar-refractivity contribution is 6.21. The number of aromatic nitrogens is 1. The fourth-order valence-corrected chi connectivity index (χ4v) is 3.11. The van der Waals surface area contributed by atoms with Crippen LogP contribution in [-0.2, 0) is 11.4 Å². The number of rotatable bonds is 6. The number of aromatic amines is 1. The van der Waals surface area contributed by atoms with Crippen molar-refractivity contribution in [2.45, 2.75) is 6.61 Å². The van der Waals surface area contributed by atoms with Crippen LogP contribution in [0.4, 0.5) is 0 Å². The van der Waals surface area contributed by atoms with Crippen molar-refractivity contribution in [2.24, 2.45) is 0 Å². The van der Waals surface area contributed by atoms with Gasteiger partial charge in [0, 0.05) is 22.7 Å². The molecule has 0 amide bonds. The molecule has 0 atom stereocenters. The molecular formula is C24H19NO3. The van der Waals surface area contributed by atoms with Crippen LogP contribution in [0.2, 0.25) is 0 Å². The average Bonchev–Trinajstić information content (AvgIpc) is 3.14. The molecule has 4 heteroatoms. The number of carbonyl (C=O) groups is 1. The standard InChI is InChI=1S/C24H19NO3/c26-24(27)22(18-9-5-2-6-10-18)13-19-15-25-23-12-11-20(14-21(19)23)28-16-17-7-3-1-4-8-17/h1-15,25H,16H2,(H,26,27)/b22-13+. The first-order valence-electron chi connectivity index (χ1n) is 8.99. The lowest BCUT2D eigenvalue weighted by atomic mass is 10.0. The van der Waals surface area contributed by atoms with E-state index in [1.807, 2.05) is 72.9 Å². The first-order chi connectivity index (χ1) is 13.7. The highest BCUT2D eigenvalue weighted by Crippen LogP contribution is 2.28. The molecule has 0 bridgehead atoms. The fourth-order valence-electron chi connectivity index (χ4n) is 3.11. The van der Waals surface area contributed by atoms with Crippen LogP contribution in [-0.4, -0.2) is 16.1 Å². The lowest BCUT2D eigenvalue weighted by Gasteiger charge is -2.07. The molecule has 3 aromatic carbocycles. The van der Waals surface area contributed by atoms with E-state index in [2.05, 4.69) is 4.98 Å². The summed E-state index contributed by atoms with van der Waals surface area (Å²) < 4.78 is 5.91. The zero-order chi connectivity index (χ0) is 19.3. The van der Waals surface area contributed by atoms with E-state index in [-0.39, 0.29) is 5.57 Å². The molecule has 4 nitrogen and oxygen atoms in total. The summed E-state index contributed by atoms with van der Waals surface area (Å²) in [5.74, 6) is -0.223. The average molecular weight is 369 g/mol. The Morgan fingerprint density at radius 2 is 1.68 bits per heavy atom. The van der Waals surface area contributed by atoms with Crippen LogP contribution in [0, 0.1) is 0 Å². The summed E-state index contributed by atoms with van der Waals surface area (Å²) in [6, 6.07) is 24.9. The Morgan fingerprint density at radius 3 is 2.39 bits per heavy atom. The molecule has 0 aliphatic heterocycles. The number of carboxylic acids is 1. The maximum absolute atomic E-state index is 11.8. The van der Waals surface area contributed by atoms with Gasteiger partial charge in [-0.1, -0.05) is 60.7 Å². The van der Waals surface area contributed by atoms with Crippen LogP contribution in [0.5, 0.6) is 5.75 Å². The Bertz CT molecular complexity index is 1130. The first kappa shape index (κ1) is 17.6. The second kappa shape index (κ2) is 7.84. The van der Waals surface area contributed by atoms with E-state index < -0.39 is 5.97 Å². The van der Waals surface area contributed by atoms with Gasteiger partial charge in [0.1, 0.15) is 12.4 Å². The molecule has 4 rings (SSSR count). The van der Waals surface area contributed by atoms with Crippen molar-refractivity contribution in [2.75, 3.05) is 0 Å². The Hall–Kier alpha value is -3.79. The van der Waals surface area contributed by atoms with E-state index in [4.69, 9.17) is 4.74 Å². The molecule has 1 aromatic heterocycles. The molecule has 0 aliphatic carbocycles. The van der Waals surface area contributed by atoms with Gasteiger partial charge < -0.3 is 14.8 Å². The van der Waals surface area contributed by atoms with Crippen molar-refractivity contribution >= 4 is 28.5 Å². The van der Waals surface area contributed by atoms with Gasteiger partial charge >= 0.3 is 5.97 Å². The quantitative estimate of drug-likeness (QED) is 0.449. The molecular weight excluding hydrogens is 350 g/mol. The molecule has 0 radical (unpaired) electrons. The number of H-pyrrole nitrogens is 1. The lowest BCUT2D eigenvalue weighted by molar-refractivity contribution is -0.130. The van der Waals surface area contributed by atoms with Gasteiger partial charge in [-0.05, 0) is 35.4 Å². The van der Waals surface area contributed by atoms with Crippen LogP contribution < -0.4 is 4.74 Å². The maximum Gasteiger partial charge on any atom is 0.336 e. The third-order valence-corrected chi connectivity index (χ3v) is 4.55. The molecule has 2 N–H and O–H groups in total. The highest BCUT2D eigenvalue weighted by atomic mass is 16.5. The predicted molar refractivity (Wildman–Crippen MR) is 111 cm³/mol. The molecule has 0 saturated carbocycles. The molecule has 138 valence electrons. The highest BCUT2D eigenvalue weighted by Gasteiger charge is 2.12. The number of hydrogen-bond acceptors (Lipinski definition) is 2.